The molecule has 2 nitrogen and oxygen atoms in total. The first-order chi connectivity index (χ1) is 3.95. The number of nitrogens with one attached hydrogen (secondary N) is 1. The summed E-state index contributed by atoms with van der Waals surface area (Å²) in [6, 6.07) is 0.500. The van der Waals surface area contributed by atoms with Crippen LogP contribution in [0.2, 0.25) is 0 Å². The molecule has 0 saturated carbocycles. The summed E-state index contributed by atoms with van der Waals surface area (Å²) in [7, 11) is 0. The third-order valence-electron chi connectivity index (χ3n) is 1.69. The zero-order valence-corrected chi connectivity index (χ0v) is 4.63. The molecule has 44 valence electrons. The summed E-state index contributed by atoms with van der Waals surface area (Å²) in [6.07, 6.45) is 7.09. The largest absolute Gasteiger partial charge is 0.294 e. The summed E-state index contributed by atoms with van der Waals surface area (Å²) in [4.78, 5) is 5.14. The first-order valence-corrected chi connectivity index (χ1v) is 3.04. The molecule has 1 N–H and O–H groups in total. The summed E-state index contributed by atoms with van der Waals surface area (Å²) < 4.78 is 0. The molecular weight excluding hydrogens is 102 g/mol. The Morgan fingerprint density at radius 2 is 2.38 bits per heavy atom. The molecule has 1 fully saturated rings. The molecule has 0 amide bonds. The Morgan fingerprint density at radius 1 is 1.38 bits per heavy atom. The van der Waals surface area contributed by atoms with Crippen molar-refractivity contribution in [1.29, 1.82) is 0 Å². The Morgan fingerprint density at radius 3 is 2.50 bits per heavy atom. The molecule has 0 aromatic rings. The molecule has 3 aliphatic rings. The average Bonchev–Trinajstić information content (AvgIpc) is 1.92. The van der Waals surface area contributed by atoms with Gasteiger partial charge < -0.3 is 0 Å². The van der Waals surface area contributed by atoms with E-state index >= 15 is 0 Å². The van der Waals surface area contributed by atoms with E-state index < -0.39 is 0 Å². The highest BCUT2D eigenvalue weighted by molar-refractivity contribution is 5.04. The number of fused-ring (bicyclic) bond motifs is 2. The molecule has 1 saturated heterocycles. The lowest BCUT2D eigenvalue weighted by atomic mass is 10.00. The highest BCUT2D eigenvalue weighted by atomic mass is 16.7. The molecule has 0 aromatic carbocycles. The van der Waals surface area contributed by atoms with E-state index in [1.54, 1.807) is 0 Å². The van der Waals surface area contributed by atoms with Gasteiger partial charge in [0.05, 0.1) is 12.1 Å². The molecule has 3 rings (SSSR count). The van der Waals surface area contributed by atoms with Crippen LogP contribution in [0.25, 0.3) is 0 Å². The van der Waals surface area contributed by atoms with Gasteiger partial charge in [-0.3, -0.25) is 4.84 Å². The maximum Gasteiger partial charge on any atom is 0.0972 e. The molecule has 0 aromatic heterocycles. The fraction of sp³-hybridized carbons (Fsp3) is 0.667. The fourth-order valence-corrected chi connectivity index (χ4v) is 1.17. The number of hydrogen-bond donors (Lipinski definition) is 1. The van der Waals surface area contributed by atoms with Crippen molar-refractivity contribution >= 4 is 0 Å². The van der Waals surface area contributed by atoms with Crippen molar-refractivity contribution in [2.45, 2.75) is 25.0 Å². The van der Waals surface area contributed by atoms with Crippen molar-refractivity contribution < 1.29 is 4.84 Å². The normalized spacial score (nSPS) is 43.0. The SMILES string of the molecule is C1=C[C@H]2CC[C@@H]1NO2. The van der Waals surface area contributed by atoms with Crippen molar-refractivity contribution in [3.8, 4) is 0 Å². The predicted molar refractivity (Wildman–Crippen MR) is 30.2 cm³/mol. The summed E-state index contributed by atoms with van der Waals surface area (Å²) in [5.41, 5.74) is 2.93. The summed E-state index contributed by atoms with van der Waals surface area (Å²) in [5.74, 6) is 0. The van der Waals surface area contributed by atoms with Crippen LogP contribution in [0, 0.1) is 0 Å². The predicted octanol–water partition coefficient (Wildman–Crippen LogP) is 0.608. The van der Waals surface area contributed by atoms with Gasteiger partial charge in [0.15, 0.2) is 0 Å². The van der Waals surface area contributed by atoms with E-state index in [9.17, 15) is 0 Å². The fourth-order valence-electron chi connectivity index (χ4n) is 1.17. The minimum atomic E-state index is 0.361. The maximum atomic E-state index is 5.14. The van der Waals surface area contributed by atoms with Gasteiger partial charge in [0.25, 0.3) is 0 Å². The second kappa shape index (κ2) is 1.57. The van der Waals surface area contributed by atoms with Crippen LogP contribution in [0.15, 0.2) is 12.2 Å². The Hall–Kier alpha value is -0.340. The second-order valence-corrected chi connectivity index (χ2v) is 2.34. The summed E-state index contributed by atoms with van der Waals surface area (Å²) in [5, 5.41) is 0. The van der Waals surface area contributed by atoms with Crippen LogP contribution in [0.1, 0.15) is 12.8 Å². The van der Waals surface area contributed by atoms with Gasteiger partial charge in [0.2, 0.25) is 0 Å². The zero-order valence-electron chi connectivity index (χ0n) is 4.63. The van der Waals surface area contributed by atoms with Crippen LogP contribution in [0.4, 0.5) is 0 Å². The van der Waals surface area contributed by atoms with Crippen molar-refractivity contribution in [2.75, 3.05) is 0 Å². The molecule has 1 aliphatic carbocycles. The monoisotopic (exact) mass is 111 g/mol. The van der Waals surface area contributed by atoms with Gasteiger partial charge in [-0.2, -0.15) is 5.48 Å². The van der Waals surface area contributed by atoms with Gasteiger partial charge in [-0.1, -0.05) is 12.2 Å². The lowest BCUT2D eigenvalue weighted by Gasteiger charge is -2.30. The zero-order chi connectivity index (χ0) is 5.40. The van der Waals surface area contributed by atoms with Gasteiger partial charge in [-0.05, 0) is 12.8 Å². The molecule has 2 heterocycles. The molecule has 2 atom stereocenters. The first kappa shape index (κ1) is 4.53. The highest BCUT2D eigenvalue weighted by Gasteiger charge is 2.22. The maximum absolute atomic E-state index is 5.14. The van der Waals surface area contributed by atoms with Crippen LogP contribution in [0.5, 0.6) is 0 Å². The second-order valence-electron chi connectivity index (χ2n) is 2.34. The van der Waals surface area contributed by atoms with E-state index in [2.05, 4.69) is 17.6 Å². The van der Waals surface area contributed by atoms with Gasteiger partial charge in [0, 0.05) is 0 Å². The van der Waals surface area contributed by atoms with Crippen LogP contribution in [-0.4, -0.2) is 12.1 Å². The highest BCUT2D eigenvalue weighted by Crippen LogP contribution is 2.18. The van der Waals surface area contributed by atoms with Crippen LogP contribution < -0.4 is 5.48 Å². The molecule has 8 heavy (non-hydrogen) atoms. The third-order valence-corrected chi connectivity index (χ3v) is 1.69. The lowest BCUT2D eigenvalue weighted by Crippen LogP contribution is -2.41. The van der Waals surface area contributed by atoms with E-state index in [-0.39, 0.29) is 0 Å². The molecule has 0 unspecified atom stereocenters. The molecule has 0 spiro atoms. The van der Waals surface area contributed by atoms with E-state index in [0.717, 1.165) is 0 Å². The van der Waals surface area contributed by atoms with Crippen LogP contribution >= 0.6 is 0 Å². The molecular formula is C6H9NO. The van der Waals surface area contributed by atoms with E-state index in [1.807, 2.05) is 0 Å². The van der Waals surface area contributed by atoms with Crippen molar-refractivity contribution in [3.05, 3.63) is 12.2 Å². The first-order valence-electron chi connectivity index (χ1n) is 3.04. The number of hydroxylamine groups is 1. The minimum absolute atomic E-state index is 0.361. The van der Waals surface area contributed by atoms with Gasteiger partial charge >= 0.3 is 0 Å². The molecule has 2 aliphatic heterocycles. The van der Waals surface area contributed by atoms with Gasteiger partial charge in [0.1, 0.15) is 0 Å². The summed E-state index contributed by atoms with van der Waals surface area (Å²) >= 11 is 0. The van der Waals surface area contributed by atoms with Crippen LogP contribution in [-0.2, 0) is 4.84 Å². The molecule has 2 heteroatoms. The van der Waals surface area contributed by atoms with Crippen molar-refractivity contribution in [2.24, 2.45) is 0 Å². The van der Waals surface area contributed by atoms with E-state index in [1.165, 1.54) is 12.8 Å². The van der Waals surface area contributed by atoms with Crippen molar-refractivity contribution in [3.63, 3.8) is 0 Å². The smallest absolute Gasteiger partial charge is 0.0972 e. The average molecular weight is 111 g/mol. The molecule has 2 bridgehead atoms. The van der Waals surface area contributed by atoms with E-state index in [4.69, 9.17) is 4.84 Å². The van der Waals surface area contributed by atoms with Crippen LogP contribution in [0.3, 0.4) is 0 Å². The Kier molecular flexibility index (Phi) is 0.889. The molecule has 0 radical (unpaired) electrons. The summed E-state index contributed by atoms with van der Waals surface area (Å²) in [6.45, 7) is 0. The van der Waals surface area contributed by atoms with Gasteiger partial charge in [-0.15, -0.1) is 0 Å². The van der Waals surface area contributed by atoms with Crippen molar-refractivity contribution in [1.82, 2.24) is 5.48 Å². The van der Waals surface area contributed by atoms with E-state index in [0.29, 0.717) is 12.1 Å². The Balaban J connectivity index is 2.20. The van der Waals surface area contributed by atoms with Gasteiger partial charge in [-0.25, -0.2) is 0 Å². The third kappa shape index (κ3) is 0.572. The number of hydrogen-bond acceptors (Lipinski definition) is 2. The Bertz CT molecular complexity index is 99.7. The minimum Gasteiger partial charge on any atom is -0.294 e. The Labute approximate surface area is 48.5 Å². The number of rotatable bonds is 0. The topological polar surface area (TPSA) is 21.3 Å². The lowest BCUT2D eigenvalue weighted by molar-refractivity contribution is -0.0574. The quantitative estimate of drug-likeness (QED) is 0.462. The standard InChI is InChI=1S/C6H9NO/c1-3-6-4-2-5(1)7-8-6/h1,3,5-7H,2,4H2/t5-,6+/m1/s1.